The second-order valence-corrected chi connectivity index (χ2v) is 7.77. The summed E-state index contributed by atoms with van der Waals surface area (Å²) in [6, 6.07) is 6.38. The summed E-state index contributed by atoms with van der Waals surface area (Å²) < 4.78 is 11.0. The molecule has 6 heteroatoms. The molecule has 6 nitrogen and oxygen atoms in total. The van der Waals surface area contributed by atoms with E-state index in [0.717, 1.165) is 67.4 Å². The standard InChI is InChI=1S/C21H29N3O3/c1-14(2)24-19-4-3-16(23-12-15-5-8-26-9-6-15)11-17(19)20(21(24)25)18-13-27-10-7-22-18/h3-4,11,14-15,22-23H,5-10,12-13H2,1-2H3/b20-18-. The zero-order valence-electron chi connectivity index (χ0n) is 16.2. The van der Waals surface area contributed by atoms with Crippen molar-refractivity contribution in [3.05, 3.63) is 29.5 Å². The van der Waals surface area contributed by atoms with Crippen LogP contribution in [0.25, 0.3) is 5.57 Å². The summed E-state index contributed by atoms with van der Waals surface area (Å²) >= 11 is 0. The first-order valence-corrected chi connectivity index (χ1v) is 9.99. The molecule has 146 valence electrons. The van der Waals surface area contributed by atoms with E-state index in [9.17, 15) is 4.79 Å². The minimum atomic E-state index is 0.0644. The van der Waals surface area contributed by atoms with E-state index in [2.05, 4.69) is 42.7 Å². The van der Waals surface area contributed by atoms with Crippen LogP contribution in [0.4, 0.5) is 11.4 Å². The third-order valence-electron chi connectivity index (χ3n) is 5.54. The molecule has 3 heterocycles. The Hall–Kier alpha value is -2.05. The molecule has 4 rings (SSSR count). The van der Waals surface area contributed by atoms with E-state index in [4.69, 9.17) is 9.47 Å². The Morgan fingerprint density at radius 1 is 1.22 bits per heavy atom. The molecule has 3 aliphatic heterocycles. The van der Waals surface area contributed by atoms with E-state index < -0.39 is 0 Å². The Kier molecular flexibility index (Phi) is 5.36. The van der Waals surface area contributed by atoms with Crippen molar-refractivity contribution >= 4 is 22.9 Å². The lowest BCUT2D eigenvalue weighted by Gasteiger charge is -2.23. The highest BCUT2D eigenvalue weighted by molar-refractivity contribution is 6.33. The minimum Gasteiger partial charge on any atom is -0.385 e. The summed E-state index contributed by atoms with van der Waals surface area (Å²) in [6.07, 6.45) is 2.21. The van der Waals surface area contributed by atoms with Crippen LogP contribution >= 0.6 is 0 Å². The fourth-order valence-corrected chi connectivity index (χ4v) is 4.08. The Morgan fingerprint density at radius 3 is 2.74 bits per heavy atom. The molecule has 0 radical (unpaired) electrons. The van der Waals surface area contributed by atoms with Gasteiger partial charge in [0.1, 0.15) is 0 Å². The maximum Gasteiger partial charge on any atom is 0.261 e. The molecule has 2 saturated heterocycles. The van der Waals surface area contributed by atoms with Crippen molar-refractivity contribution in [3.8, 4) is 0 Å². The second-order valence-electron chi connectivity index (χ2n) is 7.77. The van der Waals surface area contributed by atoms with Gasteiger partial charge in [0.2, 0.25) is 0 Å². The number of fused-ring (bicyclic) bond motifs is 1. The SMILES string of the molecule is CC(C)N1C(=O)/C(=C2/COCCN2)c2cc(NCC3CCOCC3)ccc21. The molecular formula is C21H29N3O3. The Bertz CT molecular complexity index is 730. The smallest absolute Gasteiger partial charge is 0.261 e. The largest absolute Gasteiger partial charge is 0.385 e. The molecule has 27 heavy (non-hydrogen) atoms. The predicted octanol–water partition coefficient (Wildman–Crippen LogP) is 2.61. The van der Waals surface area contributed by atoms with Crippen LogP contribution < -0.4 is 15.5 Å². The van der Waals surface area contributed by atoms with Crippen LogP contribution in [-0.4, -0.2) is 51.5 Å². The summed E-state index contributed by atoms with van der Waals surface area (Å²) in [5.41, 5.74) is 4.71. The number of hydrogen-bond acceptors (Lipinski definition) is 5. The molecule has 0 aromatic heterocycles. The molecule has 2 fully saturated rings. The monoisotopic (exact) mass is 371 g/mol. The van der Waals surface area contributed by atoms with Gasteiger partial charge in [-0.25, -0.2) is 0 Å². The first-order valence-electron chi connectivity index (χ1n) is 9.99. The van der Waals surface area contributed by atoms with Gasteiger partial charge in [-0.3, -0.25) is 4.79 Å². The molecule has 1 aromatic rings. The maximum atomic E-state index is 13.2. The van der Waals surface area contributed by atoms with Crippen LogP contribution in [0.2, 0.25) is 0 Å². The molecule has 1 aromatic carbocycles. The van der Waals surface area contributed by atoms with Crippen molar-refractivity contribution < 1.29 is 14.3 Å². The van der Waals surface area contributed by atoms with E-state index in [1.807, 2.05) is 4.90 Å². The zero-order chi connectivity index (χ0) is 18.8. The topological polar surface area (TPSA) is 62.8 Å². The van der Waals surface area contributed by atoms with Crippen LogP contribution in [0.15, 0.2) is 23.9 Å². The van der Waals surface area contributed by atoms with E-state index in [1.54, 1.807) is 0 Å². The summed E-state index contributed by atoms with van der Waals surface area (Å²) in [6.45, 7) is 8.65. The van der Waals surface area contributed by atoms with Gasteiger partial charge >= 0.3 is 0 Å². The van der Waals surface area contributed by atoms with Gasteiger partial charge in [0, 0.05) is 43.6 Å². The molecule has 0 bridgehead atoms. The lowest BCUT2D eigenvalue weighted by molar-refractivity contribution is -0.113. The number of nitrogens with zero attached hydrogens (tertiary/aromatic N) is 1. The predicted molar refractivity (Wildman–Crippen MR) is 107 cm³/mol. The van der Waals surface area contributed by atoms with Crippen molar-refractivity contribution in [1.29, 1.82) is 0 Å². The van der Waals surface area contributed by atoms with Crippen molar-refractivity contribution in [2.24, 2.45) is 5.92 Å². The van der Waals surface area contributed by atoms with E-state index in [0.29, 0.717) is 19.1 Å². The number of amides is 1. The molecule has 0 unspecified atom stereocenters. The van der Waals surface area contributed by atoms with E-state index in [1.165, 1.54) is 0 Å². The van der Waals surface area contributed by atoms with Crippen LogP contribution in [0.3, 0.4) is 0 Å². The van der Waals surface area contributed by atoms with Crippen LogP contribution in [0.5, 0.6) is 0 Å². The third kappa shape index (κ3) is 3.69. The molecule has 0 saturated carbocycles. The van der Waals surface area contributed by atoms with E-state index in [-0.39, 0.29) is 11.9 Å². The van der Waals surface area contributed by atoms with Crippen molar-refractivity contribution in [1.82, 2.24) is 5.32 Å². The van der Waals surface area contributed by atoms with Gasteiger partial charge in [0.15, 0.2) is 0 Å². The van der Waals surface area contributed by atoms with Crippen molar-refractivity contribution in [2.75, 3.05) is 49.7 Å². The average Bonchev–Trinajstić information content (AvgIpc) is 2.99. The van der Waals surface area contributed by atoms with Crippen molar-refractivity contribution in [3.63, 3.8) is 0 Å². The van der Waals surface area contributed by atoms with Gasteiger partial charge in [-0.05, 0) is 50.8 Å². The highest BCUT2D eigenvalue weighted by Crippen LogP contribution is 2.41. The Balaban J connectivity index is 1.62. The molecule has 0 aliphatic carbocycles. The summed E-state index contributed by atoms with van der Waals surface area (Å²) in [5.74, 6) is 0.710. The fourth-order valence-electron chi connectivity index (χ4n) is 4.08. The lowest BCUT2D eigenvalue weighted by Crippen LogP contribution is -2.35. The quantitative estimate of drug-likeness (QED) is 0.797. The van der Waals surface area contributed by atoms with Crippen LogP contribution in [-0.2, 0) is 14.3 Å². The van der Waals surface area contributed by atoms with Gasteiger partial charge in [-0.15, -0.1) is 0 Å². The van der Waals surface area contributed by atoms with Gasteiger partial charge in [-0.2, -0.15) is 0 Å². The highest BCUT2D eigenvalue weighted by atomic mass is 16.5. The highest BCUT2D eigenvalue weighted by Gasteiger charge is 2.36. The average molecular weight is 371 g/mol. The van der Waals surface area contributed by atoms with Gasteiger partial charge in [0.05, 0.1) is 30.2 Å². The number of carbonyl (C=O) groups is 1. The molecule has 2 N–H and O–H groups in total. The Morgan fingerprint density at radius 2 is 2.04 bits per heavy atom. The number of benzene rings is 1. The molecular weight excluding hydrogens is 342 g/mol. The van der Waals surface area contributed by atoms with E-state index >= 15 is 0 Å². The number of rotatable bonds is 4. The summed E-state index contributed by atoms with van der Waals surface area (Å²) in [7, 11) is 0. The Labute approximate surface area is 160 Å². The number of nitrogens with one attached hydrogen (secondary N) is 2. The van der Waals surface area contributed by atoms with Crippen LogP contribution in [0.1, 0.15) is 32.3 Å². The van der Waals surface area contributed by atoms with Crippen LogP contribution in [0, 0.1) is 5.92 Å². The maximum absolute atomic E-state index is 13.2. The summed E-state index contributed by atoms with van der Waals surface area (Å²) in [4.78, 5) is 15.0. The molecule has 3 aliphatic rings. The van der Waals surface area contributed by atoms with Gasteiger partial charge in [-0.1, -0.05) is 0 Å². The minimum absolute atomic E-state index is 0.0644. The normalized spacial score (nSPS) is 23.5. The summed E-state index contributed by atoms with van der Waals surface area (Å²) in [5, 5.41) is 6.93. The molecule has 0 spiro atoms. The zero-order valence-corrected chi connectivity index (χ0v) is 16.2. The number of morpholine rings is 1. The third-order valence-corrected chi connectivity index (χ3v) is 5.54. The van der Waals surface area contributed by atoms with Crippen molar-refractivity contribution in [2.45, 2.75) is 32.7 Å². The number of anilines is 2. The van der Waals surface area contributed by atoms with Gasteiger partial charge in [0.25, 0.3) is 5.91 Å². The number of carbonyl (C=O) groups excluding carboxylic acids is 1. The number of hydrogen-bond donors (Lipinski definition) is 2. The second kappa shape index (κ2) is 7.90. The molecule has 0 atom stereocenters. The number of ether oxygens (including phenoxy) is 2. The fraction of sp³-hybridized carbons (Fsp3) is 0.571. The lowest BCUT2D eigenvalue weighted by atomic mass is 10.00. The first-order chi connectivity index (χ1) is 13.1. The van der Waals surface area contributed by atoms with Gasteiger partial charge < -0.3 is 25.0 Å². The molecule has 1 amide bonds. The first kappa shape index (κ1) is 18.3.